The molecular formula is C14H19ClN2O. The number of amides is 1. The molecule has 1 heterocycles. The minimum atomic E-state index is -0.145. The lowest BCUT2D eigenvalue weighted by Gasteiger charge is -2.30. The summed E-state index contributed by atoms with van der Waals surface area (Å²) in [5.41, 5.74) is 2.00. The van der Waals surface area contributed by atoms with Gasteiger partial charge in [-0.15, -0.1) is 0 Å². The van der Waals surface area contributed by atoms with Crippen LogP contribution < -0.4 is 10.2 Å². The number of rotatable bonds is 1. The number of halogens is 1. The highest BCUT2D eigenvalue weighted by molar-refractivity contribution is 6.31. The fourth-order valence-electron chi connectivity index (χ4n) is 2.35. The molecule has 0 radical (unpaired) electrons. The van der Waals surface area contributed by atoms with E-state index in [-0.39, 0.29) is 18.0 Å². The zero-order chi connectivity index (χ0) is 13.3. The fourth-order valence-corrected chi connectivity index (χ4v) is 2.52. The van der Waals surface area contributed by atoms with Crippen molar-refractivity contribution in [3.05, 3.63) is 28.8 Å². The first-order chi connectivity index (χ1) is 8.50. The molecule has 0 aromatic heterocycles. The van der Waals surface area contributed by atoms with E-state index in [0.29, 0.717) is 5.02 Å². The number of carbonyl (C=O) groups excluding carboxylic acids is 1. The first-order valence-electron chi connectivity index (χ1n) is 6.33. The summed E-state index contributed by atoms with van der Waals surface area (Å²) in [5, 5.41) is 3.90. The Morgan fingerprint density at radius 1 is 1.39 bits per heavy atom. The molecule has 0 bridgehead atoms. The molecule has 1 N–H and O–H groups in total. The van der Waals surface area contributed by atoms with Crippen LogP contribution in [-0.4, -0.2) is 24.5 Å². The maximum Gasteiger partial charge on any atom is 0.244 e. The number of hydrogen-bond acceptors (Lipinski definition) is 2. The molecule has 1 saturated heterocycles. The molecule has 4 heteroatoms. The van der Waals surface area contributed by atoms with E-state index < -0.39 is 0 Å². The number of carbonyl (C=O) groups is 1. The second-order valence-corrected chi connectivity index (χ2v) is 5.39. The number of nitrogens with one attached hydrogen (secondary N) is 1. The van der Waals surface area contributed by atoms with Crippen molar-refractivity contribution in [2.45, 2.75) is 39.3 Å². The van der Waals surface area contributed by atoms with Gasteiger partial charge < -0.3 is 10.2 Å². The van der Waals surface area contributed by atoms with Crippen molar-refractivity contribution in [1.82, 2.24) is 5.32 Å². The van der Waals surface area contributed by atoms with Crippen LogP contribution in [0.5, 0.6) is 0 Å². The van der Waals surface area contributed by atoms with Gasteiger partial charge in [-0.1, -0.05) is 17.7 Å². The van der Waals surface area contributed by atoms with Crippen LogP contribution in [-0.2, 0) is 4.79 Å². The Balaban J connectivity index is 2.44. The Kier molecular flexibility index (Phi) is 3.93. The van der Waals surface area contributed by atoms with Gasteiger partial charge in [0, 0.05) is 16.8 Å². The minimum Gasteiger partial charge on any atom is -0.308 e. The highest BCUT2D eigenvalue weighted by Crippen LogP contribution is 2.28. The maximum atomic E-state index is 12.4. The Hall–Kier alpha value is -1.06. The smallest absolute Gasteiger partial charge is 0.244 e. The molecule has 1 aliphatic rings. The number of benzene rings is 1. The lowest BCUT2D eigenvalue weighted by Crippen LogP contribution is -2.44. The SMILES string of the molecule is Cc1ccc(Cl)cc1N1C(=O)C(C)NCCC1C. The first kappa shape index (κ1) is 13.4. The van der Waals surface area contributed by atoms with Crippen LogP contribution in [0.25, 0.3) is 0 Å². The minimum absolute atomic E-state index is 0.116. The lowest BCUT2D eigenvalue weighted by molar-refractivity contribution is -0.120. The summed E-state index contributed by atoms with van der Waals surface area (Å²) in [4.78, 5) is 14.3. The normalized spacial score (nSPS) is 25.1. The molecule has 1 aromatic rings. The third kappa shape index (κ3) is 2.52. The molecule has 1 aromatic carbocycles. The summed E-state index contributed by atoms with van der Waals surface area (Å²) in [5.74, 6) is 0.116. The quantitative estimate of drug-likeness (QED) is 0.848. The van der Waals surface area contributed by atoms with Crippen LogP contribution >= 0.6 is 11.6 Å². The van der Waals surface area contributed by atoms with E-state index in [2.05, 4.69) is 12.2 Å². The Bertz CT molecular complexity index is 461. The van der Waals surface area contributed by atoms with Crippen molar-refractivity contribution >= 4 is 23.2 Å². The average molecular weight is 267 g/mol. The number of nitrogens with zero attached hydrogens (tertiary/aromatic N) is 1. The van der Waals surface area contributed by atoms with Crippen molar-refractivity contribution in [1.29, 1.82) is 0 Å². The van der Waals surface area contributed by atoms with Gasteiger partial charge in [0.2, 0.25) is 5.91 Å². The Morgan fingerprint density at radius 3 is 2.83 bits per heavy atom. The highest BCUT2D eigenvalue weighted by Gasteiger charge is 2.29. The van der Waals surface area contributed by atoms with Gasteiger partial charge in [-0.2, -0.15) is 0 Å². The van der Waals surface area contributed by atoms with Gasteiger partial charge in [0.25, 0.3) is 0 Å². The van der Waals surface area contributed by atoms with Crippen LogP contribution in [0.4, 0.5) is 5.69 Å². The van der Waals surface area contributed by atoms with Crippen LogP contribution in [0.15, 0.2) is 18.2 Å². The van der Waals surface area contributed by atoms with Crippen molar-refractivity contribution in [3.63, 3.8) is 0 Å². The van der Waals surface area contributed by atoms with Gasteiger partial charge >= 0.3 is 0 Å². The van der Waals surface area contributed by atoms with Gasteiger partial charge in [-0.3, -0.25) is 4.79 Å². The van der Waals surface area contributed by atoms with Crippen molar-refractivity contribution < 1.29 is 4.79 Å². The standard InChI is InChI=1S/C14H19ClN2O/c1-9-4-5-12(15)8-13(9)17-10(2)6-7-16-11(3)14(17)18/h4-5,8,10-11,16H,6-7H2,1-3H3. The molecule has 2 atom stereocenters. The number of aryl methyl sites for hydroxylation is 1. The summed E-state index contributed by atoms with van der Waals surface area (Å²) in [6.45, 7) is 6.87. The van der Waals surface area contributed by atoms with Gasteiger partial charge in [0.1, 0.15) is 0 Å². The average Bonchev–Trinajstić information content (AvgIpc) is 2.44. The van der Waals surface area contributed by atoms with E-state index in [0.717, 1.165) is 24.2 Å². The van der Waals surface area contributed by atoms with Crippen LogP contribution in [0.1, 0.15) is 25.8 Å². The predicted octanol–water partition coefficient (Wildman–Crippen LogP) is 2.75. The summed E-state index contributed by atoms with van der Waals surface area (Å²) in [7, 11) is 0. The molecule has 1 aliphatic heterocycles. The first-order valence-corrected chi connectivity index (χ1v) is 6.71. The highest BCUT2D eigenvalue weighted by atomic mass is 35.5. The van der Waals surface area contributed by atoms with Crippen LogP contribution in [0, 0.1) is 6.92 Å². The summed E-state index contributed by atoms with van der Waals surface area (Å²) in [6.07, 6.45) is 0.946. The van der Waals surface area contributed by atoms with Gasteiger partial charge in [0.15, 0.2) is 0 Å². The summed E-state index contributed by atoms with van der Waals surface area (Å²) < 4.78 is 0. The van der Waals surface area contributed by atoms with Gasteiger partial charge in [0.05, 0.1) is 6.04 Å². The number of anilines is 1. The molecule has 0 spiro atoms. The predicted molar refractivity (Wildman–Crippen MR) is 75.2 cm³/mol. The van der Waals surface area contributed by atoms with Crippen molar-refractivity contribution in [2.75, 3.05) is 11.4 Å². The zero-order valence-electron chi connectivity index (χ0n) is 11.0. The molecule has 2 rings (SSSR count). The molecule has 1 fully saturated rings. The number of hydrogen-bond donors (Lipinski definition) is 1. The van der Waals surface area contributed by atoms with Crippen LogP contribution in [0.2, 0.25) is 5.02 Å². The molecular weight excluding hydrogens is 248 g/mol. The molecule has 0 saturated carbocycles. The summed E-state index contributed by atoms with van der Waals surface area (Å²) in [6, 6.07) is 5.74. The zero-order valence-corrected chi connectivity index (χ0v) is 11.8. The third-order valence-electron chi connectivity index (χ3n) is 3.49. The van der Waals surface area contributed by atoms with Crippen LogP contribution in [0.3, 0.4) is 0 Å². The van der Waals surface area contributed by atoms with E-state index in [1.807, 2.05) is 36.9 Å². The largest absolute Gasteiger partial charge is 0.308 e. The monoisotopic (exact) mass is 266 g/mol. The topological polar surface area (TPSA) is 32.3 Å². The Labute approximate surface area is 113 Å². The van der Waals surface area contributed by atoms with E-state index in [9.17, 15) is 4.79 Å². The van der Waals surface area contributed by atoms with Crippen molar-refractivity contribution in [2.24, 2.45) is 0 Å². The van der Waals surface area contributed by atoms with Gasteiger partial charge in [-0.25, -0.2) is 0 Å². The van der Waals surface area contributed by atoms with E-state index in [1.165, 1.54) is 0 Å². The van der Waals surface area contributed by atoms with Crippen molar-refractivity contribution in [3.8, 4) is 0 Å². The second kappa shape index (κ2) is 5.29. The molecule has 2 unspecified atom stereocenters. The fraction of sp³-hybridized carbons (Fsp3) is 0.500. The Morgan fingerprint density at radius 2 is 2.11 bits per heavy atom. The molecule has 18 heavy (non-hydrogen) atoms. The van der Waals surface area contributed by atoms with E-state index >= 15 is 0 Å². The maximum absolute atomic E-state index is 12.4. The lowest BCUT2D eigenvalue weighted by atomic mass is 10.1. The molecule has 98 valence electrons. The van der Waals surface area contributed by atoms with Gasteiger partial charge in [-0.05, 0) is 51.4 Å². The van der Waals surface area contributed by atoms with E-state index in [1.54, 1.807) is 0 Å². The molecule has 3 nitrogen and oxygen atoms in total. The summed E-state index contributed by atoms with van der Waals surface area (Å²) >= 11 is 6.06. The second-order valence-electron chi connectivity index (χ2n) is 4.95. The molecule has 1 amide bonds. The molecule has 0 aliphatic carbocycles. The third-order valence-corrected chi connectivity index (χ3v) is 3.73. The van der Waals surface area contributed by atoms with E-state index in [4.69, 9.17) is 11.6 Å².